The number of hydrogen-bond acceptors (Lipinski definition) is 3. The van der Waals surface area contributed by atoms with Crippen LogP contribution in [-0.2, 0) is 0 Å². The van der Waals surface area contributed by atoms with Crippen LogP contribution in [0.2, 0.25) is 0 Å². The standard InChI is InChI=1S/C16H23Br3N2O.2ClH/c1-10(2)3-4-13(21-7-5-20-6-8-21)14-11(17)9-12(18)16(22)15(14)19;;/h9-10,13,20,22H,3-8H2,1-2H3;2*1H/t13-;;/m0../s1. The number of nitrogens with zero attached hydrogens (tertiary/aromatic N) is 1. The van der Waals surface area contributed by atoms with Gasteiger partial charge in [-0.3, -0.25) is 4.90 Å². The van der Waals surface area contributed by atoms with Gasteiger partial charge in [-0.05, 0) is 56.7 Å². The molecular weight excluding hydrogens is 547 g/mol. The molecule has 1 atom stereocenters. The zero-order chi connectivity index (χ0) is 16.3. The maximum atomic E-state index is 10.3. The zero-order valence-corrected chi connectivity index (χ0v) is 20.2. The lowest BCUT2D eigenvalue weighted by Gasteiger charge is -2.36. The highest BCUT2D eigenvalue weighted by Gasteiger charge is 2.27. The fourth-order valence-electron chi connectivity index (χ4n) is 2.89. The first kappa shape index (κ1) is 25.0. The summed E-state index contributed by atoms with van der Waals surface area (Å²) in [5, 5.41) is 13.7. The largest absolute Gasteiger partial charge is 0.506 e. The van der Waals surface area contributed by atoms with Crippen molar-refractivity contribution in [3.8, 4) is 5.75 Å². The van der Waals surface area contributed by atoms with Crippen LogP contribution in [0.25, 0.3) is 0 Å². The maximum Gasteiger partial charge on any atom is 0.144 e. The van der Waals surface area contributed by atoms with E-state index < -0.39 is 0 Å². The highest BCUT2D eigenvalue weighted by Crippen LogP contribution is 2.45. The van der Waals surface area contributed by atoms with Crippen LogP contribution >= 0.6 is 72.6 Å². The molecule has 1 aromatic carbocycles. The predicted molar refractivity (Wildman–Crippen MR) is 117 cm³/mol. The maximum absolute atomic E-state index is 10.3. The summed E-state index contributed by atoms with van der Waals surface area (Å²) in [7, 11) is 0. The summed E-state index contributed by atoms with van der Waals surface area (Å²) in [5.74, 6) is 0.954. The summed E-state index contributed by atoms with van der Waals surface area (Å²) in [6, 6.07) is 2.26. The van der Waals surface area contributed by atoms with Gasteiger partial charge in [0.1, 0.15) is 5.75 Å². The van der Waals surface area contributed by atoms with Crippen molar-refractivity contribution in [1.29, 1.82) is 0 Å². The lowest BCUT2D eigenvalue weighted by atomic mass is 9.95. The first-order chi connectivity index (χ1) is 10.4. The van der Waals surface area contributed by atoms with Crippen LogP contribution in [-0.4, -0.2) is 36.2 Å². The van der Waals surface area contributed by atoms with Crippen molar-refractivity contribution in [2.24, 2.45) is 5.92 Å². The SMILES string of the molecule is CC(C)CC[C@@H](c1c(Br)cc(Br)c(O)c1Br)N1CCNCC1.Cl.Cl. The summed E-state index contributed by atoms with van der Waals surface area (Å²) in [6.45, 7) is 8.65. The number of piperazine rings is 1. The molecule has 0 unspecified atom stereocenters. The molecule has 8 heteroatoms. The van der Waals surface area contributed by atoms with Crippen LogP contribution in [0.5, 0.6) is 5.75 Å². The Morgan fingerprint density at radius 3 is 2.21 bits per heavy atom. The minimum Gasteiger partial charge on any atom is -0.506 e. The van der Waals surface area contributed by atoms with Crippen LogP contribution in [0.3, 0.4) is 0 Å². The average molecular weight is 572 g/mol. The molecule has 0 aliphatic carbocycles. The Bertz CT molecular complexity index is 527. The van der Waals surface area contributed by atoms with E-state index in [9.17, 15) is 5.11 Å². The molecule has 2 N–H and O–H groups in total. The van der Waals surface area contributed by atoms with E-state index in [4.69, 9.17) is 0 Å². The van der Waals surface area contributed by atoms with E-state index in [1.807, 2.05) is 6.07 Å². The minimum absolute atomic E-state index is 0. The van der Waals surface area contributed by atoms with Gasteiger partial charge in [0.15, 0.2) is 0 Å². The van der Waals surface area contributed by atoms with Crippen molar-refractivity contribution in [2.75, 3.05) is 26.2 Å². The second-order valence-corrected chi connectivity index (χ2v) is 8.69. The molecule has 24 heavy (non-hydrogen) atoms. The van der Waals surface area contributed by atoms with E-state index in [1.54, 1.807) is 0 Å². The molecule has 1 aliphatic heterocycles. The van der Waals surface area contributed by atoms with E-state index in [0.29, 0.717) is 16.4 Å². The summed E-state index contributed by atoms with van der Waals surface area (Å²) < 4.78 is 2.54. The van der Waals surface area contributed by atoms with Crippen molar-refractivity contribution < 1.29 is 5.11 Å². The summed E-state index contributed by atoms with van der Waals surface area (Å²) >= 11 is 10.7. The number of rotatable bonds is 5. The Morgan fingerprint density at radius 2 is 1.67 bits per heavy atom. The first-order valence-electron chi connectivity index (χ1n) is 7.73. The Hall–Kier alpha value is 0.960. The Balaban J connectivity index is 0.00000264. The van der Waals surface area contributed by atoms with Gasteiger partial charge in [-0.25, -0.2) is 0 Å². The van der Waals surface area contributed by atoms with Gasteiger partial charge >= 0.3 is 0 Å². The minimum atomic E-state index is 0. The number of aromatic hydroxyl groups is 1. The van der Waals surface area contributed by atoms with Crippen LogP contribution < -0.4 is 5.32 Å². The molecule has 0 spiro atoms. The van der Waals surface area contributed by atoms with Crippen molar-refractivity contribution in [2.45, 2.75) is 32.7 Å². The summed E-state index contributed by atoms with van der Waals surface area (Å²) in [4.78, 5) is 2.52. The highest BCUT2D eigenvalue weighted by atomic mass is 79.9. The molecule has 1 saturated heterocycles. The highest BCUT2D eigenvalue weighted by molar-refractivity contribution is 9.11. The molecule has 1 aromatic rings. The third-order valence-electron chi connectivity index (χ3n) is 4.12. The molecule has 0 radical (unpaired) electrons. The van der Waals surface area contributed by atoms with E-state index in [1.165, 1.54) is 6.42 Å². The lowest BCUT2D eigenvalue weighted by Crippen LogP contribution is -2.45. The second kappa shape index (κ2) is 11.6. The molecule has 1 aliphatic rings. The van der Waals surface area contributed by atoms with Crippen LogP contribution in [0, 0.1) is 5.92 Å². The van der Waals surface area contributed by atoms with E-state index in [-0.39, 0.29) is 30.6 Å². The van der Waals surface area contributed by atoms with Gasteiger partial charge < -0.3 is 10.4 Å². The molecule has 140 valence electrons. The van der Waals surface area contributed by atoms with Crippen molar-refractivity contribution in [3.63, 3.8) is 0 Å². The number of phenols is 1. The van der Waals surface area contributed by atoms with Gasteiger partial charge in [0.25, 0.3) is 0 Å². The van der Waals surface area contributed by atoms with Gasteiger partial charge in [-0.1, -0.05) is 29.8 Å². The van der Waals surface area contributed by atoms with E-state index in [2.05, 4.69) is 71.9 Å². The van der Waals surface area contributed by atoms with Crippen LogP contribution in [0.4, 0.5) is 0 Å². The number of nitrogens with one attached hydrogen (secondary N) is 1. The smallest absolute Gasteiger partial charge is 0.144 e. The molecule has 0 aromatic heterocycles. The monoisotopic (exact) mass is 568 g/mol. The molecule has 3 nitrogen and oxygen atoms in total. The molecule has 1 heterocycles. The zero-order valence-electron chi connectivity index (χ0n) is 13.8. The molecule has 1 fully saturated rings. The van der Waals surface area contributed by atoms with Crippen molar-refractivity contribution in [1.82, 2.24) is 10.2 Å². The quantitative estimate of drug-likeness (QED) is 0.462. The Kier molecular flexibility index (Phi) is 12.1. The van der Waals surface area contributed by atoms with Crippen LogP contribution in [0.15, 0.2) is 19.5 Å². The fraction of sp³-hybridized carbons (Fsp3) is 0.625. The van der Waals surface area contributed by atoms with Crippen LogP contribution in [0.1, 0.15) is 38.3 Å². The van der Waals surface area contributed by atoms with Crippen molar-refractivity contribution >= 4 is 72.6 Å². The molecule has 0 bridgehead atoms. The lowest BCUT2D eigenvalue weighted by molar-refractivity contribution is 0.158. The van der Waals surface area contributed by atoms with Gasteiger partial charge in [0.05, 0.1) is 8.95 Å². The average Bonchev–Trinajstić information content (AvgIpc) is 2.49. The molecule has 2 rings (SSSR count). The summed E-state index contributed by atoms with van der Waals surface area (Å²) in [5.41, 5.74) is 1.16. The predicted octanol–water partition coefficient (Wildman–Crippen LogP) is 5.91. The summed E-state index contributed by atoms with van der Waals surface area (Å²) in [6.07, 6.45) is 2.26. The van der Waals surface area contributed by atoms with Gasteiger partial charge in [0.2, 0.25) is 0 Å². The first-order valence-corrected chi connectivity index (χ1v) is 10.1. The molecule has 0 saturated carbocycles. The number of hydrogen-bond donors (Lipinski definition) is 2. The van der Waals surface area contributed by atoms with Gasteiger partial charge in [-0.15, -0.1) is 24.8 Å². The number of halogens is 5. The van der Waals surface area contributed by atoms with Gasteiger partial charge in [-0.2, -0.15) is 0 Å². The Labute approximate surface area is 182 Å². The third kappa shape index (κ3) is 6.29. The third-order valence-corrected chi connectivity index (χ3v) is 6.19. The Morgan fingerprint density at radius 1 is 1.08 bits per heavy atom. The van der Waals surface area contributed by atoms with E-state index >= 15 is 0 Å². The van der Waals surface area contributed by atoms with E-state index in [0.717, 1.165) is 47.1 Å². The molecular formula is C16H25Br3Cl2N2O. The fourth-order valence-corrected chi connectivity index (χ4v) is 5.54. The number of benzene rings is 1. The molecule has 0 amide bonds. The normalized spacial score (nSPS) is 16.4. The number of phenolic OH excluding ortho intramolecular Hbond substituents is 1. The van der Waals surface area contributed by atoms with Crippen molar-refractivity contribution in [3.05, 3.63) is 25.0 Å². The topological polar surface area (TPSA) is 35.5 Å². The van der Waals surface area contributed by atoms with Gasteiger partial charge in [0, 0.05) is 42.3 Å². The second-order valence-electron chi connectivity index (χ2n) is 6.19.